The van der Waals surface area contributed by atoms with E-state index in [-0.39, 0.29) is 11.0 Å². The van der Waals surface area contributed by atoms with Gasteiger partial charge in [0, 0.05) is 5.56 Å². The molecular weight excluding hydrogens is 158 g/mol. The minimum absolute atomic E-state index is 0.256. The normalized spacial score (nSPS) is 9.58. The van der Waals surface area contributed by atoms with Crippen molar-refractivity contribution in [3.8, 4) is 0 Å². The topological polar surface area (TPSA) is 40.5 Å². The highest BCUT2D eigenvalue weighted by molar-refractivity contribution is 6.58. The molecule has 0 atom stereocenters. The van der Waals surface area contributed by atoms with Crippen molar-refractivity contribution in [2.45, 2.75) is 0 Å². The molecule has 0 saturated carbocycles. The van der Waals surface area contributed by atoms with Crippen LogP contribution in [-0.4, -0.2) is 17.2 Å². The molecule has 0 radical (unpaired) electrons. The summed E-state index contributed by atoms with van der Waals surface area (Å²) in [7, 11) is -1.57. The highest BCUT2D eigenvalue weighted by Gasteiger charge is 2.11. The lowest BCUT2D eigenvalue weighted by molar-refractivity contribution is 0.426. The summed E-state index contributed by atoms with van der Waals surface area (Å²) >= 11 is 0. The Hall–Kier alpha value is -1.13. The van der Waals surface area contributed by atoms with Crippen molar-refractivity contribution < 1.29 is 14.4 Å². The third-order valence-corrected chi connectivity index (χ3v) is 1.50. The molecule has 0 heterocycles. The van der Waals surface area contributed by atoms with Crippen molar-refractivity contribution >= 4 is 18.4 Å². The fraction of sp³-hybridized carbons (Fsp3) is 0. The molecule has 4 heteroatoms. The van der Waals surface area contributed by atoms with Gasteiger partial charge in [-0.15, -0.1) is 0 Å². The predicted octanol–water partition coefficient (Wildman–Crippen LogP) is 0.307. The maximum Gasteiger partial charge on any atom is 0.488 e. The smallest absolute Gasteiger partial charge is 0.423 e. The van der Waals surface area contributed by atoms with E-state index in [1.165, 1.54) is 24.3 Å². The molecule has 0 bridgehead atoms. The Balaban J connectivity index is 3.04. The lowest BCUT2D eigenvalue weighted by Crippen LogP contribution is -2.29. The Morgan fingerprint density at radius 2 is 2.08 bits per heavy atom. The maximum atomic E-state index is 12.5. The van der Waals surface area contributed by atoms with Crippen LogP contribution in [0, 0.1) is 0 Å². The van der Waals surface area contributed by atoms with Gasteiger partial charge in [-0.2, -0.15) is 0 Å². The van der Waals surface area contributed by atoms with Crippen LogP contribution in [0.4, 0.5) is 4.39 Å². The molecule has 0 spiro atoms. The molecule has 0 aliphatic carbocycles. The van der Waals surface area contributed by atoms with E-state index >= 15 is 0 Å². The van der Waals surface area contributed by atoms with Crippen LogP contribution in [0.25, 0.3) is 5.83 Å². The van der Waals surface area contributed by atoms with E-state index in [0.29, 0.717) is 0 Å². The summed E-state index contributed by atoms with van der Waals surface area (Å²) in [5.74, 6) is -0.586. The van der Waals surface area contributed by atoms with Crippen LogP contribution in [0.5, 0.6) is 0 Å². The summed E-state index contributed by atoms with van der Waals surface area (Å²) in [4.78, 5) is 0. The quantitative estimate of drug-likeness (QED) is 0.620. The molecule has 1 rings (SSSR count). The largest absolute Gasteiger partial charge is 0.488 e. The maximum absolute atomic E-state index is 12.5. The van der Waals surface area contributed by atoms with E-state index in [1.54, 1.807) is 0 Å². The summed E-state index contributed by atoms with van der Waals surface area (Å²) in [6, 6.07) is 5.88. The van der Waals surface area contributed by atoms with E-state index in [4.69, 9.17) is 10.0 Å². The average Bonchev–Trinajstić information content (AvgIpc) is 2.04. The van der Waals surface area contributed by atoms with E-state index in [2.05, 4.69) is 6.58 Å². The number of halogens is 1. The Kier molecular flexibility index (Phi) is 2.63. The molecule has 2 nitrogen and oxygen atoms in total. The van der Waals surface area contributed by atoms with Gasteiger partial charge in [0.1, 0.15) is 5.83 Å². The van der Waals surface area contributed by atoms with Crippen molar-refractivity contribution in [3.05, 3.63) is 36.4 Å². The minimum Gasteiger partial charge on any atom is -0.423 e. The SMILES string of the molecule is C=C(F)c1cccc(B(O)O)c1. The van der Waals surface area contributed by atoms with Gasteiger partial charge < -0.3 is 10.0 Å². The van der Waals surface area contributed by atoms with Crippen LogP contribution in [0.3, 0.4) is 0 Å². The number of rotatable bonds is 2. The van der Waals surface area contributed by atoms with Crippen LogP contribution >= 0.6 is 0 Å². The van der Waals surface area contributed by atoms with Crippen LogP contribution in [0.2, 0.25) is 0 Å². The van der Waals surface area contributed by atoms with Crippen molar-refractivity contribution in [1.82, 2.24) is 0 Å². The van der Waals surface area contributed by atoms with Gasteiger partial charge in [-0.25, -0.2) is 4.39 Å². The number of benzene rings is 1. The van der Waals surface area contributed by atoms with Crippen molar-refractivity contribution in [2.24, 2.45) is 0 Å². The molecule has 0 unspecified atom stereocenters. The van der Waals surface area contributed by atoms with Gasteiger partial charge in [0.05, 0.1) is 0 Å². The van der Waals surface area contributed by atoms with E-state index in [0.717, 1.165) is 0 Å². The molecule has 62 valence electrons. The van der Waals surface area contributed by atoms with Crippen molar-refractivity contribution in [3.63, 3.8) is 0 Å². The molecule has 12 heavy (non-hydrogen) atoms. The summed E-state index contributed by atoms with van der Waals surface area (Å²) < 4.78 is 12.5. The monoisotopic (exact) mass is 166 g/mol. The fourth-order valence-corrected chi connectivity index (χ4v) is 0.868. The minimum atomic E-state index is -1.57. The first-order chi connectivity index (χ1) is 5.61. The van der Waals surface area contributed by atoms with Crippen LogP contribution in [-0.2, 0) is 0 Å². The predicted molar refractivity (Wildman–Crippen MR) is 46.4 cm³/mol. The number of hydrogen-bond acceptors (Lipinski definition) is 2. The first-order valence-corrected chi connectivity index (χ1v) is 3.42. The zero-order valence-electron chi connectivity index (χ0n) is 6.37. The molecule has 0 fully saturated rings. The van der Waals surface area contributed by atoms with Crippen LogP contribution < -0.4 is 5.46 Å². The first kappa shape index (κ1) is 8.97. The zero-order valence-corrected chi connectivity index (χ0v) is 6.37. The average molecular weight is 166 g/mol. The molecule has 0 aromatic heterocycles. The molecule has 0 aliphatic rings. The zero-order chi connectivity index (χ0) is 9.14. The molecular formula is C8H8BFO2. The van der Waals surface area contributed by atoms with E-state index in [1.807, 2.05) is 0 Å². The lowest BCUT2D eigenvalue weighted by atomic mass is 9.79. The Bertz CT molecular complexity index is 299. The van der Waals surface area contributed by atoms with E-state index in [9.17, 15) is 4.39 Å². The standard InChI is InChI=1S/C8H8BFO2/c1-6(10)7-3-2-4-8(5-7)9(11)12/h2-5,11-12H,1H2. The summed E-state index contributed by atoms with van der Waals surface area (Å²) in [6.45, 7) is 3.10. The van der Waals surface area contributed by atoms with Gasteiger partial charge in [-0.05, 0) is 5.46 Å². The lowest BCUT2D eigenvalue weighted by Gasteiger charge is -2.00. The molecule has 2 N–H and O–H groups in total. The fourth-order valence-electron chi connectivity index (χ4n) is 0.868. The third-order valence-electron chi connectivity index (χ3n) is 1.50. The summed E-state index contributed by atoms with van der Waals surface area (Å²) in [5, 5.41) is 17.5. The van der Waals surface area contributed by atoms with Gasteiger partial charge in [0.2, 0.25) is 0 Å². The second-order valence-electron chi connectivity index (χ2n) is 2.40. The Morgan fingerprint density at radius 3 is 2.58 bits per heavy atom. The summed E-state index contributed by atoms with van der Waals surface area (Å²) in [6.07, 6.45) is 0. The molecule has 1 aromatic carbocycles. The van der Waals surface area contributed by atoms with Crippen LogP contribution in [0.15, 0.2) is 30.8 Å². The van der Waals surface area contributed by atoms with Gasteiger partial charge in [-0.1, -0.05) is 30.8 Å². The van der Waals surface area contributed by atoms with Crippen LogP contribution in [0.1, 0.15) is 5.56 Å². The van der Waals surface area contributed by atoms with Crippen molar-refractivity contribution in [2.75, 3.05) is 0 Å². The first-order valence-electron chi connectivity index (χ1n) is 3.42. The van der Waals surface area contributed by atoms with Gasteiger partial charge in [-0.3, -0.25) is 0 Å². The second kappa shape index (κ2) is 3.52. The number of hydrogen-bond donors (Lipinski definition) is 2. The van der Waals surface area contributed by atoms with Gasteiger partial charge in [0.25, 0.3) is 0 Å². The molecule has 1 aromatic rings. The highest BCUT2D eigenvalue weighted by Crippen LogP contribution is 2.10. The van der Waals surface area contributed by atoms with E-state index < -0.39 is 12.9 Å². The van der Waals surface area contributed by atoms with Gasteiger partial charge >= 0.3 is 7.12 Å². The second-order valence-corrected chi connectivity index (χ2v) is 2.40. The molecule has 0 saturated heterocycles. The van der Waals surface area contributed by atoms with Crippen molar-refractivity contribution in [1.29, 1.82) is 0 Å². The summed E-state index contributed by atoms with van der Waals surface area (Å²) in [5.41, 5.74) is 0.520. The third kappa shape index (κ3) is 1.93. The van der Waals surface area contributed by atoms with Gasteiger partial charge in [0.15, 0.2) is 0 Å². The molecule has 0 aliphatic heterocycles. The molecule has 0 amide bonds. The highest BCUT2D eigenvalue weighted by atomic mass is 19.1. The Morgan fingerprint density at radius 1 is 1.42 bits per heavy atom. The Labute approximate surface area is 70.1 Å².